The molecular weight excluding hydrogens is 338 g/mol. The first-order chi connectivity index (χ1) is 9.61. The molecule has 1 rings (SSSR count). The Morgan fingerprint density at radius 3 is 2.48 bits per heavy atom. The summed E-state index contributed by atoms with van der Waals surface area (Å²) in [5.74, 6) is -0.990. The van der Waals surface area contributed by atoms with Crippen molar-refractivity contribution < 1.29 is 19.4 Å². The van der Waals surface area contributed by atoms with Gasteiger partial charge in [0.05, 0.1) is 4.47 Å². The van der Waals surface area contributed by atoms with Crippen LogP contribution in [0.1, 0.15) is 26.3 Å². The van der Waals surface area contributed by atoms with Gasteiger partial charge in [-0.05, 0) is 46.0 Å². The van der Waals surface area contributed by atoms with E-state index in [0.29, 0.717) is 5.75 Å². The normalized spacial score (nSPS) is 12.6. The molecule has 0 heterocycles. The topological polar surface area (TPSA) is 75.6 Å². The van der Waals surface area contributed by atoms with E-state index in [2.05, 4.69) is 21.2 Å². The summed E-state index contributed by atoms with van der Waals surface area (Å²) in [5.41, 5.74) is 0.490. The average Bonchev–Trinajstić information content (AvgIpc) is 2.33. The molecular formula is C15H20BrNO4. The first-order valence-electron chi connectivity index (χ1n) is 6.52. The quantitative estimate of drug-likeness (QED) is 0.849. The zero-order valence-corrected chi connectivity index (χ0v) is 14.2. The number of hydrogen-bond acceptors (Lipinski definition) is 3. The minimum absolute atomic E-state index is 0.235. The van der Waals surface area contributed by atoms with Crippen molar-refractivity contribution in [3.63, 3.8) is 0 Å². The Bertz CT molecular complexity index is 537. The van der Waals surface area contributed by atoms with Gasteiger partial charge in [0.15, 0.2) is 6.61 Å². The molecule has 0 aliphatic carbocycles. The van der Waals surface area contributed by atoms with Crippen LogP contribution in [0.25, 0.3) is 0 Å². The molecule has 0 saturated carbocycles. The molecule has 0 aliphatic rings. The highest BCUT2D eigenvalue weighted by molar-refractivity contribution is 9.10. The Morgan fingerprint density at radius 2 is 2.00 bits per heavy atom. The summed E-state index contributed by atoms with van der Waals surface area (Å²) in [6.45, 7) is 6.97. The Balaban J connectivity index is 2.63. The van der Waals surface area contributed by atoms with Crippen molar-refractivity contribution in [1.29, 1.82) is 0 Å². The lowest BCUT2D eigenvalue weighted by Gasteiger charge is -2.27. The number of carbonyl (C=O) groups excluding carboxylic acids is 1. The van der Waals surface area contributed by atoms with Crippen LogP contribution in [-0.2, 0) is 9.59 Å². The summed E-state index contributed by atoms with van der Waals surface area (Å²) in [6, 6.07) is 4.54. The third-order valence-electron chi connectivity index (χ3n) is 2.86. The van der Waals surface area contributed by atoms with Gasteiger partial charge in [-0.3, -0.25) is 4.79 Å². The molecule has 5 nitrogen and oxygen atoms in total. The summed E-state index contributed by atoms with van der Waals surface area (Å²) in [6.07, 6.45) is 0. The van der Waals surface area contributed by atoms with E-state index in [4.69, 9.17) is 9.84 Å². The van der Waals surface area contributed by atoms with E-state index in [1.54, 1.807) is 26.8 Å². The van der Waals surface area contributed by atoms with Gasteiger partial charge in [-0.15, -0.1) is 0 Å². The van der Waals surface area contributed by atoms with Gasteiger partial charge in [0.1, 0.15) is 11.8 Å². The lowest BCUT2D eigenvalue weighted by Crippen LogP contribution is -2.50. The number of aryl methyl sites for hydroxylation is 1. The summed E-state index contributed by atoms with van der Waals surface area (Å²) in [5, 5.41) is 11.6. The van der Waals surface area contributed by atoms with Gasteiger partial charge in [0.25, 0.3) is 5.91 Å². The molecule has 116 valence electrons. The van der Waals surface area contributed by atoms with E-state index >= 15 is 0 Å². The van der Waals surface area contributed by atoms with Crippen molar-refractivity contribution in [3.05, 3.63) is 28.2 Å². The molecule has 1 aromatic rings. The maximum Gasteiger partial charge on any atom is 0.326 e. The lowest BCUT2D eigenvalue weighted by atomic mass is 9.87. The van der Waals surface area contributed by atoms with E-state index in [1.807, 2.05) is 19.1 Å². The number of halogens is 1. The predicted molar refractivity (Wildman–Crippen MR) is 83.4 cm³/mol. The minimum Gasteiger partial charge on any atom is -0.483 e. The Labute approximate surface area is 132 Å². The summed E-state index contributed by atoms with van der Waals surface area (Å²) >= 11 is 3.35. The van der Waals surface area contributed by atoms with Crippen LogP contribution < -0.4 is 10.1 Å². The SMILES string of the molecule is Cc1ccc(OCC(=O)NC(C(=O)O)C(C)(C)C)c(Br)c1. The number of benzene rings is 1. The number of ether oxygens (including phenoxy) is 1. The molecule has 0 aliphatic heterocycles. The van der Waals surface area contributed by atoms with E-state index in [-0.39, 0.29) is 6.61 Å². The molecule has 0 bridgehead atoms. The van der Waals surface area contributed by atoms with E-state index in [0.717, 1.165) is 10.0 Å². The zero-order chi connectivity index (χ0) is 16.2. The molecule has 1 aromatic carbocycles. The Kier molecular flexibility index (Phi) is 5.78. The van der Waals surface area contributed by atoms with Crippen LogP contribution in [-0.4, -0.2) is 29.6 Å². The highest BCUT2D eigenvalue weighted by Crippen LogP contribution is 2.25. The fourth-order valence-corrected chi connectivity index (χ4v) is 2.33. The molecule has 6 heteroatoms. The molecule has 2 N–H and O–H groups in total. The number of aliphatic carboxylic acids is 1. The van der Waals surface area contributed by atoms with Gasteiger partial charge in [-0.25, -0.2) is 4.79 Å². The number of carboxylic acids is 1. The van der Waals surface area contributed by atoms with Gasteiger partial charge in [0, 0.05) is 0 Å². The molecule has 21 heavy (non-hydrogen) atoms. The summed E-state index contributed by atoms with van der Waals surface area (Å²) in [4.78, 5) is 23.0. The van der Waals surface area contributed by atoms with Crippen molar-refractivity contribution in [1.82, 2.24) is 5.32 Å². The molecule has 0 spiro atoms. The number of carboxylic acid groups (broad SMARTS) is 1. The summed E-state index contributed by atoms with van der Waals surface area (Å²) in [7, 11) is 0. The summed E-state index contributed by atoms with van der Waals surface area (Å²) < 4.78 is 6.15. The first-order valence-corrected chi connectivity index (χ1v) is 7.31. The van der Waals surface area contributed by atoms with Crippen molar-refractivity contribution in [3.8, 4) is 5.75 Å². The predicted octanol–water partition coefficient (Wildman–Crippen LogP) is 2.75. The van der Waals surface area contributed by atoms with Crippen LogP contribution in [0, 0.1) is 12.3 Å². The van der Waals surface area contributed by atoms with Crippen molar-refractivity contribution >= 4 is 27.8 Å². The van der Waals surface area contributed by atoms with E-state index in [1.165, 1.54) is 0 Å². The highest BCUT2D eigenvalue weighted by Gasteiger charge is 2.32. The first kappa shape index (κ1) is 17.5. The largest absolute Gasteiger partial charge is 0.483 e. The second-order valence-corrected chi connectivity index (χ2v) is 6.78. The van der Waals surface area contributed by atoms with Crippen molar-refractivity contribution in [2.24, 2.45) is 5.41 Å². The monoisotopic (exact) mass is 357 g/mol. The number of nitrogens with one attached hydrogen (secondary N) is 1. The zero-order valence-electron chi connectivity index (χ0n) is 12.6. The molecule has 1 unspecified atom stereocenters. The third-order valence-corrected chi connectivity index (χ3v) is 3.48. The fourth-order valence-electron chi connectivity index (χ4n) is 1.72. The number of carbonyl (C=O) groups is 2. The molecule has 1 amide bonds. The van der Waals surface area contributed by atoms with E-state index in [9.17, 15) is 9.59 Å². The molecule has 0 aromatic heterocycles. The standard InChI is InChI=1S/C15H20BrNO4/c1-9-5-6-11(10(16)7-9)21-8-12(18)17-13(14(19)20)15(2,3)4/h5-7,13H,8H2,1-4H3,(H,17,18)(H,19,20). The van der Waals surface area contributed by atoms with Gasteiger partial charge < -0.3 is 15.2 Å². The molecule has 0 saturated heterocycles. The van der Waals surface area contributed by atoms with E-state index < -0.39 is 23.3 Å². The minimum atomic E-state index is -1.06. The van der Waals surface area contributed by atoms with Crippen LogP contribution >= 0.6 is 15.9 Å². The third kappa shape index (κ3) is 5.38. The van der Waals surface area contributed by atoms with Crippen LogP contribution in [0.2, 0.25) is 0 Å². The van der Waals surface area contributed by atoms with Crippen LogP contribution in [0.5, 0.6) is 5.75 Å². The van der Waals surface area contributed by atoms with Crippen LogP contribution in [0.15, 0.2) is 22.7 Å². The number of amides is 1. The van der Waals surface area contributed by atoms with Crippen LogP contribution in [0.3, 0.4) is 0 Å². The Hall–Kier alpha value is -1.56. The lowest BCUT2D eigenvalue weighted by molar-refractivity contribution is -0.145. The van der Waals surface area contributed by atoms with Crippen LogP contribution in [0.4, 0.5) is 0 Å². The Morgan fingerprint density at radius 1 is 1.38 bits per heavy atom. The maximum absolute atomic E-state index is 11.8. The van der Waals surface area contributed by atoms with Crippen molar-refractivity contribution in [2.45, 2.75) is 33.7 Å². The van der Waals surface area contributed by atoms with Gasteiger partial charge in [0.2, 0.25) is 0 Å². The average molecular weight is 358 g/mol. The molecule has 1 atom stereocenters. The second-order valence-electron chi connectivity index (χ2n) is 5.93. The maximum atomic E-state index is 11.8. The van der Waals surface area contributed by atoms with Gasteiger partial charge in [-0.1, -0.05) is 26.8 Å². The van der Waals surface area contributed by atoms with Crippen molar-refractivity contribution in [2.75, 3.05) is 6.61 Å². The fraction of sp³-hybridized carbons (Fsp3) is 0.467. The molecule has 0 fully saturated rings. The number of hydrogen-bond donors (Lipinski definition) is 2. The smallest absolute Gasteiger partial charge is 0.326 e. The highest BCUT2D eigenvalue weighted by atomic mass is 79.9. The number of rotatable bonds is 5. The van der Waals surface area contributed by atoms with Gasteiger partial charge in [-0.2, -0.15) is 0 Å². The van der Waals surface area contributed by atoms with Gasteiger partial charge >= 0.3 is 5.97 Å². The second kappa shape index (κ2) is 6.93. The molecule has 0 radical (unpaired) electrons.